The van der Waals surface area contributed by atoms with Gasteiger partial charge in [-0.2, -0.15) is 0 Å². The number of rotatable bonds is 3. The van der Waals surface area contributed by atoms with Gasteiger partial charge in [-0.05, 0) is 59.9 Å². The summed E-state index contributed by atoms with van der Waals surface area (Å²) in [5, 5.41) is 22.1. The van der Waals surface area contributed by atoms with Gasteiger partial charge < -0.3 is 20.0 Å². The number of aliphatic hydroxyl groups is 1. The highest BCUT2D eigenvalue weighted by Gasteiger charge is 2.62. The van der Waals surface area contributed by atoms with E-state index in [4.69, 9.17) is 4.74 Å². The standard InChI is InChI=1S/C23H22N2O5/c1-10-6-11(2)17(12(3)7-10)19-21(26)18-15-8-14(23(30-15)20(18)22(19)27)13-4-5-16(24-9-13)25(28)29/h4-7,9,14-15,18,20,23,27H,8H2,1-3H3/t14-,15-,18-,20+,23+/m0/s1. The minimum Gasteiger partial charge on any atom is -0.511 e. The van der Waals surface area contributed by atoms with Crippen molar-refractivity contribution in [3.05, 3.63) is 74.2 Å². The van der Waals surface area contributed by atoms with Crippen LogP contribution in [0.2, 0.25) is 0 Å². The minimum absolute atomic E-state index is 0.0414. The number of hydrogen-bond acceptors (Lipinski definition) is 6. The van der Waals surface area contributed by atoms with E-state index in [0.717, 1.165) is 27.8 Å². The number of pyridine rings is 1. The lowest BCUT2D eigenvalue weighted by atomic mass is 9.73. The lowest BCUT2D eigenvalue weighted by Gasteiger charge is -2.27. The Morgan fingerprint density at radius 3 is 2.47 bits per heavy atom. The highest BCUT2D eigenvalue weighted by molar-refractivity contribution is 6.26. The van der Waals surface area contributed by atoms with Gasteiger partial charge in [0.2, 0.25) is 0 Å². The Balaban J connectivity index is 1.53. The van der Waals surface area contributed by atoms with E-state index < -0.39 is 4.92 Å². The molecule has 2 aliphatic heterocycles. The number of Topliss-reactive ketones (excluding diaryl/α,β-unsaturated/α-hetero) is 1. The number of ether oxygens (including phenoxy) is 1. The van der Waals surface area contributed by atoms with Crippen LogP contribution in [0.4, 0.5) is 5.82 Å². The third kappa shape index (κ3) is 2.55. The molecule has 0 unspecified atom stereocenters. The van der Waals surface area contributed by atoms with E-state index in [2.05, 4.69) is 4.98 Å². The zero-order chi connectivity index (χ0) is 21.3. The second-order valence-electron chi connectivity index (χ2n) is 8.64. The molecule has 0 amide bonds. The third-order valence-corrected chi connectivity index (χ3v) is 6.79. The fourth-order valence-corrected chi connectivity index (χ4v) is 5.73. The highest BCUT2D eigenvalue weighted by Crippen LogP contribution is 2.58. The van der Waals surface area contributed by atoms with Gasteiger partial charge in [0.15, 0.2) is 5.78 Å². The molecule has 5 atom stereocenters. The quantitative estimate of drug-likeness (QED) is 0.611. The first-order valence-corrected chi connectivity index (χ1v) is 10.1. The van der Waals surface area contributed by atoms with Crippen molar-refractivity contribution in [3.8, 4) is 0 Å². The smallest absolute Gasteiger partial charge is 0.363 e. The summed E-state index contributed by atoms with van der Waals surface area (Å²) in [6.07, 6.45) is 1.55. The topological polar surface area (TPSA) is 103 Å². The highest BCUT2D eigenvalue weighted by atomic mass is 16.6. The molecule has 1 aliphatic carbocycles. The fraction of sp³-hybridized carbons (Fsp3) is 0.391. The molecule has 1 aromatic carbocycles. The molecule has 0 radical (unpaired) electrons. The van der Waals surface area contributed by atoms with E-state index in [1.165, 1.54) is 12.3 Å². The number of carbonyl (C=O) groups is 1. The SMILES string of the molecule is Cc1cc(C)c(C2=C(O)[C@@H]3[C@@H]4O[C@@H](C[C@H]4c4ccc([N+](=O)[O-])nc4)[C@@H]3C2=O)c(C)c1. The summed E-state index contributed by atoms with van der Waals surface area (Å²) in [4.78, 5) is 27.6. The Kier molecular flexibility index (Phi) is 4.08. The molecule has 2 saturated heterocycles. The van der Waals surface area contributed by atoms with E-state index in [1.54, 1.807) is 6.07 Å². The number of nitro groups is 1. The molecule has 7 nitrogen and oxygen atoms in total. The summed E-state index contributed by atoms with van der Waals surface area (Å²) < 4.78 is 6.11. The molecule has 30 heavy (non-hydrogen) atoms. The summed E-state index contributed by atoms with van der Waals surface area (Å²) >= 11 is 0. The van der Waals surface area contributed by atoms with Gasteiger partial charge in [0.1, 0.15) is 12.0 Å². The van der Waals surface area contributed by atoms with Gasteiger partial charge in [0.05, 0.1) is 29.6 Å². The van der Waals surface area contributed by atoms with E-state index >= 15 is 0 Å². The monoisotopic (exact) mass is 406 g/mol. The Morgan fingerprint density at radius 2 is 1.87 bits per heavy atom. The number of carbonyl (C=O) groups excluding carboxylic acids is 1. The largest absolute Gasteiger partial charge is 0.511 e. The van der Waals surface area contributed by atoms with Crippen molar-refractivity contribution in [1.82, 2.24) is 4.98 Å². The normalized spacial score (nSPS) is 29.6. The van der Waals surface area contributed by atoms with Gasteiger partial charge >= 0.3 is 5.82 Å². The molecule has 1 aromatic heterocycles. The number of hydrogen-bond donors (Lipinski definition) is 1. The Hall–Kier alpha value is -3.06. The minimum atomic E-state index is -0.528. The molecule has 0 saturated carbocycles. The molecular weight excluding hydrogens is 384 g/mol. The molecule has 2 aromatic rings. The van der Waals surface area contributed by atoms with E-state index in [0.29, 0.717) is 12.0 Å². The Labute approximate surface area is 173 Å². The van der Waals surface area contributed by atoms with Crippen LogP contribution >= 0.6 is 0 Å². The predicted molar refractivity (Wildman–Crippen MR) is 109 cm³/mol. The van der Waals surface area contributed by atoms with Crippen LogP contribution in [0.15, 0.2) is 36.2 Å². The van der Waals surface area contributed by atoms with Gasteiger partial charge in [-0.15, -0.1) is 0 Å². The van der Waals surface area contributed by atoms with Crippen molar-refractivity contribution in [2.45, 2.75) is 45.3 Å². The van der Waals surface area contributed by atoms with Crippen LogP contribution in [0.25, 0.3) is 5.57 Å². The van der Waals surface area contributed by atoms with E-state index in [9.17, 15) is 20.0 Å². The second kappa shape index (κ2) is 6.47. The van der Waals surface area contributed by atoms with Crippen LogP contribution in [0.3, 0.4) is 0 Å². The lowest BCUT2D eigenvalue weighted by Crippen LogP contribution is -2.33. The number of benzene rings is 1. The number of allylic oxidation sites excluding steroid dienone is 1. The second-order valence-corrected chi connectivity index (χ2v) is 8.64. The van der Waals surface area contributed by atoms with E-state index in [1.807, 2.05) is 32.9 Å². The summed E-state index contributed by atoms with van der Waals surface area (Å²) in [5.74, 6) is -0.933. The Morgan fingerprint density at radius 1 is 1.17 bits per heavy atom. The molecule has 154 valence electrons. The summed E-state index contributed by atoms with van der Waals surface area (Å²) in [7, 11) is 0. The van der Waals surface area contributed by atoms with Crippen LogP contribution < -0.4 is 0 Å². The average molecular weight is 406 g/mol. The van der Waals surface area contributed by atoms with Crippen LogP contribution in [-0.4, -0.2) is 33.0 Å². The number of ketones is 1. The van der Waals surface area contributed by atoms with E-state index in [-0.39, 0.29) is 47.3 Å². The van der Waals surface area contributed by atoms with Gasteiger partial charge in [0, 0.05) is 17.5 Å². The number of aliphatic hydroxyl groups excluding tert-OH is 1. The number of aryl methyl sites for hydroxylation is 3. The molecular formula is C23H22N2O5. The number of aromatic nitrogens is 1. The Bertz CT molecular complexity index is 1100. The van der Waals surface area contributed by atoms with Gasteiger partial charge in [-0.1, -0.05) is 17.7 Å². The zero-order valence-electron chi connectivity index (χ0n) is 17.0. The molecule has 2 fully saturated rings. The summed E-state index contributed by atoms with van der Waals surface area (Å²) in [6.45, 7) is 5.95. The first kappa shape index (κ1) is 18.9. The van der Waals surface area contributed by atoms with Crippen LogP contribution in [0.5, 0.6) is 0 Å². The van der Waals surface area contributed by atoms with Crippen molar-refractivity contribution < 1.29 is 19.6 Å². The maximum atomic E-state index is 13.4. The van der Waals surface area contributed by atoms with Crippen molar-refractivity contribution in [3.63, 3.8) is 0 Å². The fourth-order valence-electron chi connectivity index (χ4n) is 5.73. The molecule has 1 N–H and O–H groups in total. The molecule has 3 aliphatic rings. The van der Waals surface area contributed by atoms with Gasteiger partial charge in [-0.3, -0.25) is 4.79 Å². The van der Waals surface area contributed by atoms with Crippen LogP contribution in [0.1, 0.15) is 40.2 Å². The molecule has 5 rings (SSSR count). The lowest BCUT2D eigenvalue weighted by molar-refractivity contribution is -0.389. The molecule has 2 bridgehead atoms. The maximum absolute atomic E-state index is 13.4. The first-order chi connectivity index (χ1) is 14.3. The summed E-state index contributed by atoms with van der Waals surface area (Å²) in [6, 6.07) is 7.14. The van der Waals surface area contributed by atoms with Crippen molar-refractivity contribution in [1.29, 1.82) is 0 Å². The van der Waals surface area contributed by atoms with Crippen molar-refractivity contribution in [2.24, 2.45) is 11.8 Å². The summed E-state index contributed by atoms with van der Waals surface area (Å²) in [5.41, 5.74) is 5.17. The first-order valence-electron chi connectivity index (χ1n) is 10.1. The average Bonchev–Trinajstić information content (AvgIpc) is 3.34. The van der Waals surface area contributed by atoms with Crippen molar-refractivity contribution in [2.75, 3.05) is 0 Å². The van der Waals surface area contributed by atoms with Gasteiger partial charge in [-0.25, -0.2) is 0 Å². The maximum Gasteiger partial charge on any atom is 0.363 e. The zero-order valence-corrected chi connectivity index (χ0v) is 17.0. The molecule has 0 spiro atoms. The number of fused-ring (bicyclic) bond motifs is 5. The predicted octanol–water partition coefficient (Wildman–Crippen LogP) is 3.95. The van der Waals surface area contributed by atoms with Crippen molar-refractivity contribution >= 4 is 17.2 Å². The number of nitrogens with zero attached hydrogens (tertiary/aromatic N) is 2. The molecule has 7 heteroatoms. The van der Waals surface area contributed by atoms with Crippen LogP contribution in [-0.2, 0) is 9.53 Å². The third-order valence-electron chi connectivity index (χ3n) is 6.79. The van der Waals surface area contributed by atoms with Crippen LogP contribution in [0, 0.1) is 42.7 Å². The molecule has 3 heterocycles. The van der Waals surface area contributed by atoms with Gasteiger partial charge in [0.25, 0.3) is 0 Å².